The predicted molar refractivity (Wildman–Crippen MR) is 76.0 cm³/mol. The van der Waals surface area contributed by atoms with Gasteiger partial charge < -0.3 is 18.9 Å². The molecule has 130 valence electrons. The summed E-state index contributed by atoms with van der Waals surface area (Å²) < 4.78 is 20.5. The summed E-state index contributed by atoms with van der Waals surface area (Å²) in [4.78, 5) is 44.7. The van der Waals surface area contributed by atoms with Crippen molar-refractivity contribution < 1.29 is 38.1 Å². The van der Waals surface area contributed by atoms with Gasteiger partial charge in [0.1, 0.15) is 12.2 Å². The Kier molecular flexibility index (Phi) is 6.99. The van der Waals surface area contributed by atoms with Crippen LogP contribution < -0.4 is 0 Å². The van der Waals surface area contributed by atoms with E-state index in [1.54, 1.807) is 0 Å². The van der Waals surface area contributed by atoms with E-state index < -0.39 is 42.2 Å². The minimum Gasteiger partial charge on any atom is -0.466 e. The molecule has 0 amide bonds. The van der Waals surface area contributed by atoms with Crippen LogP contribution in [-0.4, -0.2) is 48.8 Å². The Balaban J connectivity index is 2.88. The van der Waals surface area contributed by atoms with Crippen LogP contribution in [0, 0.1) is 5.92 Å². The molecule has 0 N–H and O–H groups in total. The number of esters is 4. The zero-order valence-electron chi connectivity index (χ0n) is 13.7. The van der Waals surface area contributed by atoms with Crippen LogP contribution in [0.2, 0.25) is 0 Å². The van der Waals surface area contributed by atoms with E-state index in [9.17, 15) is 19.2 Å². The van der Waals surface area contributed by atoms with Gasteiger partial charge in [0.25, 0.3) is 0 Å². The van der Waals surface area contributed by atoms with Gasteiger partial charge in [-0.3, -0.25) is 19.2 Å². The van der Waals surface area contributed by atoms with Gasteiger partial charge in [0, 0.05) is 33.6 Å². The van der Waals surface area contributed by atoms with Gasteiger partial charge in [-0.25, -0.2) is 0 Å². The maximum absolute atomic E-state index is 11.3. The van der Waals surface area contributed by atoms with Crippen molar-refractivity contribution in [2.45, 2.75) is 58.8 Å². The van der Waals surface area contributed by atoms with E-state index in [0.29, 0.717) is 12.8 Å². The minimum atomic E-state index is -0.873. The maximum Gasteiger partial charge on any atom is 0.303 e. The topological polar surface area (TPSA) is 105 Å². The molecule has 0 saturated heterocycles. The summed E-state index contributed by atoms with van der Waals surface area (Å²) in [5.74, 6) is -2.29. The van der Waals surface area contributed by atoms with E-state index in [4.69, 9.17) is 18.9 Å². The molecule has 0 aromatic heterocycles. The molecule has 0 bridgehead atoms. The van der Waals surface area contributed by atoms with Crippen LogP contribution in [0.5, 0.6) is 0 Å². The van der Waals surface area contributed by atoms with E-state index in [1.807, 2.05) is 0 Å². The highest BCUT2D eigenvalue weighted by atomic mass is 16.6. The average Bonchev–Trinajstić information content (AvgIpc) is 2.66. The highest BCUT2D eigenvalue weighted by Gasteiger charge is 2.49. The van der Waals surface area contributed by atoms with Crippen LogP contribution in [0.1, 0.15) is 40.5 Å². The molecule has 0 aromatic carbocycles. The van der Waals surface area contributed by atoms with Crippen molar-refractivity contribution in [3.05, 3.63) is 0 Å². The molecule has 0 heterocycles. The lowest BCUT2D eigenvalue weighted by molar-refractivity contribution is -0.175. The quantitative estimate of drug-likeness (QED) is 0.519. The van der Waals surface area contributed by atoms with Gasteiger partial charge in [-0.1, -0.05) is 0 Å². The number of hydrogen-bond acceptors (Lipinski definition) is 8. The first-order chi connectivity index (χ1) is 10.7. The molecule has 1 rings (SSSR count). The van der Waals surface area contributed by atoms with Crippen LogP contribution in [0.4, 0.5) is 0 Å². The van der Waals surface area contributed by atoms with Crippen molar-refractivity contribution >= 4 is 23.9 Å². The first-order valence-corrected chi connectivity index (χ1v) is 7.35. The largest absolute Gasteiger partial charge is 0.466 e. The van der Waals surface area contributed by atoms with Crippen LogP contribution in [0.15, 0.2) is 0 Å². The molecule has 0 spiro atoms. The lowest BCUT2D eigenvalue weighted by atomic mass is 10.0. The van der Waals surface area contributed by atoms with Crippen molar-refractivity contribution in [3.63, 3.8) is 0 Å². The van der Waals surface area contributed by atoms with Gasteiger partial charge in [-0.05, 0) is 12.8 Å². The van der Waals surface area contributed by atoms with Gasteiger partial charge in [-0.2, -0.15) is 0 Å². The van der Waals surface area contributed by atoms with Gasteiger partial charge in [-0.15, -0.1) is 0 Å². The Bertz CT molecular complexity index is 472. The maximum atomic E-state index is 11.3. The van der Waals surface area contributed by atoms with E-state index in [0.717, 1.165) is 0 Å². The Hall–Kier alpha value is -2.12. The fourth-order valence-corrected chi connectivity index (χ4v) is 2.70. The van der Waals surface area contributed by atoms with Crippen LogP contribution in [0.25, 0.3) is 0 Å². The summed E-state index contributed by atoms with van der Waals surface area (Å²) in [6, 6.07) is 0. The van der Waals surface area contributed by atoms with E-state index in [-0.39, 0.29) is 12.5 Å². The molecule has 0 unspecified atom stereocenters. The second-order valence-corrected chi connectivity index (χ2v) is 5.42. The predicted octanol–water partition coefficient (Wildman–Crippen LogP) is 0.755. The van der Waals surface area contributed by atoms with Gasteiger partial charge in [0.15, 0.2) is 6.10 Å². The number of carbonyl (C=O) groups excluding carboxylic acids is 4. The molecule has 23 heavy (non-hydrogen) atoms. The molecule has 1 fully saturated rings. The first kappa shape index (κ1) is 18.9. The summed E-state index contributed by atoms with van der Waals surface area (Å²) >= 11 is 0. The summed E-state index contributed by atoms with van der Waals surface area (Å²) in [6.45, 7) is 5.14. The highest BCUT2D eigenvalue weighted by Crippen LogP contribution is 2.36. The number of rotatable bonds is 6. The molecular weight excluding hydrogens is 308 g/mol. The van der Waals surface area contributed by atoms with E-state index in [2.05, 4.69) is 0 Å². The summed E-state index contributed by atoms with van der Waals surface area (Å²) in [6.07, 6.45) is -1.59. The standard InChI is InChI=1S/C15H22O8/c1-8(16)20-6-5-12-7-13(21-9(2)17)15(23-11(4)19)14(12)22-10(3)18/h12-15H,5-7H2,1-4H3/t12-,13+,14+,15-/m0/s1. The Morgan fingerprint density at radius 1 is 0.783 bits per heavy atom. The number of ether oxygens (including phenoxy) is 4. The molecule has 0 aliphatic heterocycles. The third kappa shape index (κ3) is 6.25. The zero-order valence-corrected chi connectivity index (χ0v) is 13.7. The van der Waals surface area contributed by atoms with Crippen molar-refractivity contribution in [2.24, 2.45) is 5.92 Å². The second-order valence-electron chi connectivity index (χ2n) is 5.42. The normalized spacial score (nSPS) is 26.3. The van der Waals surface area contributed by atoms with Crippen molar-refractivity contribution in [1.82, 2.24) is 0 Å². The average molecular weight is 330 g/mol. The molecule has 8 nitrogen and oxygen atoms in total. The Morgan fingerprint density at radius 2 is 1.30 bits per heavy atom. The molecule has 0 aromatic rings. The summed E-state index contributed by atoms with van der Waals surface area (Å²) in [5, 5.41) is 0. The fraction of sp³-hybridized carbons (Fsp3) is 0.733. The van der Waals surface area contributed by atoms with E-state index in [1.165, 1.54) is 27.7 Å². The highest BCUT2D eigenvalue weighted by molar-refractivity contribution is 5.68. The third-order valence-corrected chi connectivity index (χ3v) is 3.41. The molecule has 0 radical (unpaired) electrons. The van der Waals surface area contributed by atoms with Crippen LogP contribution in [-0.2, 0) is 38.1 Å². The Labute approximate surface area is 134 Å². The molecule has 4 atom stereocenters. The first-order valence-electron chi connectivity index (χ1n) is 7.35. The minimum absolute atomic E-state index is 0.136. The molecule has 1 aliphatic rings. The SMILES string of the molecule is CC(=O)OCC[C@H]1C[C@@H](OC(C)=O)[C@H](OC(C)=O)[C@@H]1OC(C)=O. The smallest absolute Gasteiger partial charge is 0.303 e. The lowest BCUT2D eigenvalue weighted by Crippen LogP contribution is -2.40. The van der Waals surface area contributed by atoms with Crippen molar-refractivity contribution in [3.8, 4) is 0 Å². The van der Waals surface area contributed by atoms with Crippen molar-refractivity contribution in [1.29, 1.82) is 0 Å². The molecule has 8 heteroatoms. The lowest BCUT2D eigenvalue weighted by Gasteiger charge is -2.25. The second kappa shape index (κ2) is 8.50. The van der Waals surface area contributed by atoms with E-state index >= 15 is 0 Å². The molecule has 1 saturated carbocycles. The summed E-state index contributed by atoms with van der Waals surface area (Å²) in [7, 11) is 0. The number of carbonyl (C=O) groups is 4. The van der Waals surface area contributed by atoms with Gasteiger partial charge in [0.05, 0.1) is 6.61 Å². The Morgan fingerprint density at radius 3 is 1.78 bits per heavy atom. The van der Waals surface area contributed by atoms with Crippen LogP contribution >= 0.6 is 0 Å². The number of hydrogen-bond donors (Lipinski definition) is 0. The molecular formula is C15H22O8. The third-order valence-electron chi connectivity index (χ3n) is 3.41. The van der Waals surface area contributed by atoms with Gasteiger partial charge in [0.2, 0.25) is 0 Å². The molecule has 1 aliphatic carbocycles. The zero-order chi connectivity index (χ0) is 17.6. The summed E-state index contributed by atoms with van der Waals surface area (Å²) in [5.41, 5.74) is 0. The monoisotopic (exact) mass is 330 g/mol. The fourth-order valence-electron chi connectivity index (χ4n) is 2.70. The van der Waals surface area contributed by atoms with Crippen molar-refractivity contribution in [2.75, 3.05) is 6.61 Å². The van der Waals surface area contributed by atoms with Gasteiger partial charge >= 0.3 is 23.9 Å². The van der Waals surface area contributed by atoms with Crippen LogP contribution in [0.3, 0.4) is 0 Å².